The van der Waals surface area contributed by atoms with Gasteiger partial charge in [0.2, 0.25) is 0 Å². The van der Waals surface area contributed by atoms with Gasteiger partial charge in [0.25, 0.3) is 11.8 Å². The zero-order chi connectivity index (χ0) is 20.7. The third kappa shape index (κ3) is 3.34. The molecule has 0 radical (unpaired) electrons. The summed E-state index contributed by atoms with van der Waals surface area (Å²) in [6.45, 7) is 4.70. The zero-order valence-corrected chi connectivity index (χ0v) is 17.5. The number of halogens is 1. The first kappa shape index (κ1) is 19.4. The second kappa shape index (κ2) is 7.46. The fourth-order valence-corrected chi connectivity index (χ4v) is 3.88. The molecule has 1 N–H and O–H groups in total. The van der Waals surface area contributed by atoms with E-state index in [9.17, 15) is 9.59 Å². The molecular formula is C22H18ClN3O2S. The largest absolute Gasteiger partial charge is 0.347 e. The molecule has 0 unspecified atom stereocenters. The van der Waals surface area contributed by atoms with Crippen molar-refractivity contribution in [1.82, 2.24) is 9.88 Å². The van der Waals surface area contributed by atoms with Gasteiger partial charge in [-0.1, -0.05) is 35.9 Å². The molecule has 146 valence electrons. The molecule has 2 heterocycles. The highest BCUT2D eigenvalue weighted by Gasteiger charge is 2.34. The van der Waals surface area contributed by atoms with Crippen LogP contribution >= 0.6 is 23.8 Å². The van der Waals surface area contributed by atoms with Crippen molar-refractivity contribution in [2.75, 3.05) is 4.90 Å². The van der Waals surface area contributed by atoms with Crippen molar-refractivity contribution < 1.29 is 9.59 Å². The van der Waals surface area contributed by atoms with Crippen LogP contribution in [0.4, 0.5) is 5.69 Å². The Balaban J connectivity index is 1.81. The van der Waals surface area contributed by atoms with Crippen LogP contribution in [0.15, 0.2) is 54.2 Å². The van der Waals surface area contributed by atoms with Gasteiger partial charge in [0.05, 0.1) is 5.69 Å². The molecule has 0 aliphatic carbocycles. The van der Waals surface area contributed by atoms with Crippen LogP contribution in [-0.4, -0.2) is 21.5 Å². The summed E-state index contributed by atoms with van der Waals surface area (Å²) in [5.74, 6) is -0.991. The molecule has 1 aromatic heterocycles. The number of fused-ring (bicyclic) bond motifs is 1. The molecule has 0 atom stereocenters. The molecule has 0 spiro atoms. The highest BCUT2D eigenvalue weighted by Crippen LogP contribution is 2.28. The van der Waals surface area contributed by atoms with Gasteiger partial charge in [-0.05, 0) is 55.9 Å². The van der Waals surface area contributed by atoms with Crippen LogP contribution in [0, 0.1) is 6.92 Å². The van der Waals surface area contributed by atoms with Crippen molar-refractivity contribution in [3.05, 3.63) is 70.4 Å². The molecule has 0 bridgehead atoms. The smallest absolute Gasteiger partial charge is 0.270 e. The Labute approximate surface area is 178 Å². The van der Waals surface area contributed by atoms with E-state index in [2.05, 4.69) is 9.88 Å². The van der Waals surface area contributed by atoms with Crippen LogP contribution in [-0.2, 0) is 16.1 Å². The fourth-order valence-electron chi connectivity index (χ4n) is 3.42. The monoisotopic (exact) mass is 423 g/mol. The number of hydrogen-bond acceptors (Lipinski definition) is 3. The van der Waals surface area contributed by atoms with Crippen molar-refractivity contribution in [2.45, 2.75) is 20.4 Å². The zero-order valence-electron chi connectivity index (χ0n) is 15.9. The average Bonchev–Trinajstić information content (AvgIpc) is 3.05. The van der Waals surface area contributed by atoms with E-state index < -0.39 is 11.8 Å². The second-order valence-corrected chi connectivity index (χ2v) is 7.57. The number of hydrogen-bond donors (Lipinski definition) is 1. The van der Waals surface area contributed by atoms with E-state index in [1.807, 2.05) is 50.4 Å². The Hall–Kier alpha value is -2.96. The number of aromatic nitrogens is 1. The van der Waals surface area contributed by atoms with E-state index in [1.165, 1.54) is 4.90 Å². The van der Waals surface area contributed by atoms with Crippen LogP contribution in [0.1, 0.15) is 18.1 Å². The van der Waals surface area contributed by atoms with Crippen LogP contribution in [0.5, 0.6) is 0 Å². The lowest BCUT2D eigenvalue weighted by atomic mass is 10.1. The molecule has 3 aromatic rings. The van der Waals surface area contributed by atoms with Crippen molar-refractivity contribution in [3.8, 4) is 0 Å². The van der Waals surface area contributed by atoms with Crippen molar-refractivity contribution >= 4 is 63.4 Å². The molecule has 1 aliphatic heterocycles. The summed E-state index contributed by atoms with van der Waals surface area (Å²) in [5.41, 5.74) is 3.27. The number of nitrogens with zero attached hydrogens (tertiary/aromatic N) is 2. The van der Waals surface area contributed by atoms with E-state index in [0.29, 0.717) is 10.7 Å². The average molecular weight is 424 g/mol. The van der Waals surface area contributed by atoms with Crippen molar-refractivity contribution in [1.29, 1.82) is 0 Å². The summed E-state index contributed by atoms with van der Waals surface area (Å²) in [5, 5.41) is 4.14. The van der Waals surface area contributed by atoms with E-state index in [1.54, 1.807) is 18.2 Å². The Kier molecular flexibility index (Phi) is 4.98. The first-order chi connectivity index (χ1) is 13.9. The number of aryl methyl sites for hydroxylation is 2. The van der Waals surface area contributed by atoms with Gasteiger partial charge in [-0.3, -0.25) is 19.8 Å². The van der Waals surface area contributed by atoms with Crippen LogP contribution in [0.25, 0.3) is 17.0 Å². The quantitative estimate of drug-likeness (QED) is 0.384. The van der Waals surface area contributed by atoms with Crippen LogP contribution in [0.2, 0.25) is 5.02 Å². The number of rotatable bonds is 3. The summed E-state index contributed by atoms with van der Waals surface area (Å²) in [7, 11) is 0. The number of nitrogens with one attached hydrogen (secondary N) is 1. The summed E-state index contributed by atoms with van der Waals surface area (Å²) < 4.78 is 2.08. The summed E-state index contributed by atoms with van der Waals surface area (Å²) in [6.07, 6.45) is 3.56. The highest BCUT2D eigenvalue weighted by atomic mass is 35.5. The first-order valence-corrected chi connectivity index (χ1v) is 9.94. The predicted molar refractivity (Wildman–Crippen MR) is 120 cm³/mol. The van der Waals surface area contributed by atoms with Crippen molar-refractivity contribution in [2.24, 2.45) is 0 Å². The number of thiocarbonyl (C=S) groups is 1. The third-order valence-corrected chi connectivity index (χ3v) is 5.67. The van der Waals surface area contributed by atoms with E-state index in [-0.39, 0.29) is 10.7 Å². The topological polar surface area (TPSA) is 54.3 Å². The Bertz CT molecular complexity index is 1210. The number of benzene rings is 2. The normalized spacial score (nSPS) is 16.0. The Morgan fingerprint density at radius 2 is 1.93 bits per heavy atom. The number of carbonyl (C=O) groups excluding carboxylic acids is 2. The van der Waals surface area contributed by atoms with Gasteiger partial charge in [-0.25, -0.2) is 0 Å². The predicted octanol–water partition coefficient (Wildman–Crippen LogP) is 4.45. The second-order valence-electron chi connectivity index (χ2n) is 6.78. The molecule has 1 fully saturated rings. The number of anilines is 1. The summed E-state index contributed by atoms with van der Waals surface area (Å²) in [6, 6.07) is 13.1. The van der Waals surface area contributed by atoms with Gasteiger partial charge in [-0.15, -0.1) is 0 Å². The molecule has 2 aromatic carbocycles. The third-order valence-electron chi connectivity index (χ3n) is 4.98. The number of para-hydroxylation sites is 1. The Morgan fingerprint density at radius 3 is 2.66 bits per heavy atom. The van der Waals surface area contributed by atoms with E-state index >= 15 is 0 Å². The van der Waals surface area contributed by atoms with E-state index in [0.717, 1.165) is 28.6 Å². The van der Waals surface area contributed by atoms with Crippen molar-refractivity contribution in [3.63, 3.8) is 0 Å². The van der Waals surface area contributed by atoms with Gasteiger partial charge < -0.3 is 4.57 Å². The lowest BCUT2D eigenvalue weighted by Crippen LogP contribution is -2.54. The summed E-state index contributed by atoms with van der Waals surface area (Å²) >= 11 is 11.5. The van der Waals surface area contributed by atoms with Gasteiger partial charge >= 0.3 is 0 Å². The maximum Gasteiger partial charge on any atom is 0.270 e. The standard InChI is InChI=1S/C22H18ClN3O2S/c1-3-25-12-14(16-6-4-5-7-19(16)25)10-17-20(27)24-22(29)26(21(17)28)15-9-8-13(2)18(23)11-15/h4-12H,3H2,1-2H3,(H,24,27,29)/b17-10+. The molecule has 2 amide bonds. The Morgan fingerprint density at radius 1 is 1.17 bits per heavy atom. The number of amides is 2. The molecule has 7 heteroatoms. The fraction of sp³-hybridized carbons (Fsp3) is 0.136. The lowest BCUT2D eigenvalue weighted by molar-refractivity contribution is -0.122. The van der Waals surface area contributed by atoms with Gasteiger partial charge in [0.1, 0.15) is 5.57 Å². The lowest BCUT2D eigenvalue weighted by Gasteiger charge is -2.29. The minimum absolute atomic E-state index is 0.0225. The summed E-state index contributed by atoms with van der Waals surface area (Å²) in [4.78, 5) is 27.1. The first-order valence-electron chi connectivity index (χ1n) is 9.16. The maximum absolute atomic E-state index is 13.2. The van der Waals surface area contributed by atoms with Gasteiger partial charge in [-0.2, -0.15) is 0 Å². The van der Waals surface area contributed by atoms with Gasteiger partial charge in [0, 0.05) is 34.2 Å². The molecule has 1 aliphatic rings. The minimum atomic E-state index is -0.511. The maximum atomic E-state index is 13.2. The molecule has 0 saturated carbocycles. The highest BCUT2D eigenvalue weighted by molar-refractivity contribution is 7.80. The number of carbonyl (C=O) groups is 2. The van der Waals surface area contributed by atoms with E-state index in [4.69, 9.17) is 23.8 Å². The van der Waals surface area contributed by atoms with Crippen LogP contribution in [0.3, 0.4) is 0 Å². The molecular weight excluding hydrogens is 406 g/mol. The molecule has 29 heavy (non-hydrogen) atoms. The molecule has 5 nitrogen and oxygen atoms in total. The minimum Gasteiger partial charge on any atom is -0.347 e. The molecule has 1 saturated heterocycles. The molecule has 4 rings (SSSR count). The van der Waals surface area contributed by atoms with Gasteiger partial charge in [0.15, 0.2) is 5.11 Å². The SMILES string of the molecule is CCn1cc(/C=C2\C(=O)NC(=S)N(c3ccc(C)c(Cl)c3)C2=O)c2ccccc21. The van der Waals surface area contributed by atoms with Crippen LogP contribution < -0.4 is 10.2 Å².